The van der Waals surface area contributed by atoms with E-state index in [1.165, 1.54) is 5.56 Å². The lowest BCUT2D eigenvalue weighted by Crippen LogP contribution is -2.15. The van der Waals surface area contributed by atoms with Crippen LogP contribution in [0.1, 0.15) is 17.0 Å². The third kappa shape index (κ3) is 2.06. The lowest BCUT2D eigenvalue weighted by atomic mass is 9.99. The van der Waals surface area contributed by atoms with E-state index in [9.17, 15) is 0 Å². The first-order valence-electron chi connectivity index (χ1n) is 4.15. The van der Waals surface area contributed by atoms with Crippen LogP contribution in [0, 0.1) is 6.92 Å². The van der Waals surface area contributed by atoms with Crippen LogP contribution >= 0.6 is 0 Å². The molecule has 0 saturated carbocycles. The fourth-order valence-corrected chi connectivity index (χ4v) is 1.15. The van der Waals surface area contributed by atoms with E-state index in [4.69, 9.17) is 10.8 Å². The van der Waals surface area contributed by atoms with Crippen LogP contribution in [-0.2, 0) is 0 Å². The number of hydrogen-bond donors (Lipinski definition) is 2. The van der Waals surface area contributed by atoms with Gasteiger partial charge in [-0.05, 0) is 12.5 Å². The maximum Gasteiger partial charge on any atom is 0.0511 e. The maximum absolute atomic E-state index is 8.97. The standard InChI is InChI=1S/C10H15NO/c1-8-2-4-9(5-3-8)10(6-11)7-12/h2-5,10,12H,6-7,11H2,1H3. The van der Waals surface area contributed by atoms with Gasteiger partial charge < -0.3 is 10.8 Å². The molecule has 0 aromatic heterocycles. The van der Waals surface area contributed by atoms with Crippen LogP contribution in [0.2, 0.25) is 0 Å². The molecule has 1 unspecified atom stereocenters. The summed E-state index contributed by atoms with van der Waals surface area (Å²) in [5.41, 5.74) is 7.84. The molecular weight excluding hydrogens is 150 g/mol. The molecule has 0 amide bonds. The van der Waals surface area contributed by atoms with Crippen molar-refractivity contribution < 1.29 is 5.11 Å². The zero-order valence-electron chi connectivity index (χ0n) is 7.33. The lowest BCUT2D eigenvalue weighted by molar-refractivity contribution is 0.268. The highest BCUT2D eigenvalue weighted by molar-refractivity contribution is 5.24. The van der Waals surface area contributed by atoms with Gasteiger partial charge in [0, 0.05) is 12.5 Å². The number of benzene rings is 1. The van der Waals surface area contributed by atoms with Gasteiger partial charge in [-0.1, -0.05) is 29.8 Å². The minimum Gasteiger partial charge on any atom is -0.396 e. The second-order valence-electron chi connectivity index (χ2n) is 3.03. The zero-order valence-corrected chi connectivity index (χ0v) is 7.33. The van der Waals surface area contributed by atoms with E-state index in [1.54, 1.807) is 0 Å². The summed E-state index contributed by atoms with van der Waals surface area (Å²) in [4.78, 5) is 0. The average molecular weight is 165 g/mol. The van der Waals surface area contributed by atoms with Gasteiger partial charge in [0.15, 0.2) is 0 Å². The molecule has 0 fully saturated rings. The average Bonchev–Trinajstić information content (AvgIpc) is 2.10. The Kier molecular flexibility index (Phi) is 3.26. The van der Waals surface area contributed by atoms with Gasteiger partial charge in [0.1, 0.15) is 0 Å². The Morgan fingerprint density at radius 1 is 1.33 bits per heavy atom. The second kappa shape index (κ2) is 4.24. The lowest BCUT2D eigenvalue weighted by Gasteiger charge is -2.11. The summed E-state index contributed by atoms with van der Waals surface area (Å²) in [6.07, 6.45) is 0. The van der Waals surface area contributed by atoms with Crippen molar-refractivity contribution in [3.8, 4) is 0 Å². The quantitative estimate of drug-likeness (QED) is 0.702. The number of rotatable bonds is 3. The van der Waals surface area contributed by atoms with E-state index < -0.39 is 0 Å². The summed E-state index contributed by atoms with van der Waals surface area (Å²) in [5.74, 6) is 0.0885. The Balaban J connectivity index is 2.80. The fourth-order valence-electron chi connectivity index (χ4n) is 1.15. The Morgan fingerprint density at radius 3 is 2.33 bits per heavy atom. The van der Waals surface area contributed by atoms with Crippen LogP contribution in [0.3, 0.4) is 0 Å². The minimum absolute atomic E-state index is 0.0885. The molecule has 0 aliphatic heterocycles. The predicted molar refractivity (Wildman–Crippen MR) is 50.1 cm³/mol. The van der Waals surface area contributed by atoms with E-state index in [2.05, 4.69) is 0 Å². The molecule has 0 saturated heterocycles. The molecule has 0 aliphatic rings. The molecule has 2 heteroatoms. The first kappa shape index (κ1) is 9.23. The topological polar surface area (TPSA) is 46.2 Å². The van der Waals surface area contributed by atoms with Crippen molar-refractivity contribution in [2.75, 3.05) is 13.2 Å². The Hall–Kier alpha value is -0.860. The van der Waals surface area contributed by atoms with Gasteiger partial charge in [0.25, 0.3) is 0 Å². The molecule has 0 bridgehead atoms. The first-order chi connectivity index (χ1) is 5.77. The Morgan fingerprint density at radius 2 is 1.92 bits per heavy atom. The number of aryl methyl sites for hydroxylation is 1. The van der Waals surface area contributed by atoms with Crippen LogP contribution < -0.4 is 5.73 Å². The van der Waals surface area contributed by atoms with Crippen molar-refractivity contribution in [3.63, 3.8) is 0 Å². The van der Waals surface area contributed by atoms with E-state index in [-0.39, 0.29) is 12.5 Å². The van der Waals surface area contributed by atoms with E-state index in [0.29, 0.717) is 6.54 Å². The molecule has 0 spiro atoms. The third-order valence-corrected chi connectivity index (χ3v) is 2.05. The molecule has 0 radical (unpaired) electrons. The fraction of sp³-hybridized carbons (Fsp3) is 0.400. The van der Waals surface area contributed by atoms with Crippen LogP contribution in [0.5, 0.6) is 0 Å². The Labute approximate surface area is 73.0 Å². The highest BCUT2D eigenvalue weighted by Gasteiger charge is 2.06. The molecule has 0 heterocycles. The summed E-state index contributed by atoms with van der Waals surface area (Å²) >= 11 is 0. The number of nitrogens with two attached hydrogens (primary N) is 1. The number of hydrogen-bond acceptors (Lipinski definition) is 2. The van der Waals surface area contributed by atoms with Crippen LogP contribution in [0.4, 0.5) is 0 Å². The molecule has 1 aromatic carbocycles. The van der Waals surface area contributed by atoms with Gasteiger partial charge in [0.2, 0.25) is 0 Å². The first-order valence-corrected chi connectivity index (χ1v) is 4.15. The highest BCUT2D eigenvalue weighted by atomic mass is 16.3. The number of aliphatic hydroxyl groups excluding tert-OH is 1. The summed E-state index contributed by atoms with van der Waals surface area (Å²) < 4.78 is 0. The van der Waals surface area contributed by atoms with Crippen LogP contribution in [-0.4, -0.2) is 18.3 Å². The minimum atomic E-state index is 0.0885. The normalized spacial score (nSPS) is 12.9. The van der Waals surface area contributed by atoms with E-state index in [0.717, 1.165) is 5.56 Å². The molecule has 12 heavy (non-hydrogen) atoms. The highest BCUT2D eigenvalue weighted by Crippen LogP contribution is 2.13. The SMILES string of the molecule is Cc1ccc(C(CN)CO)cc1. The van der Waals surface area contributed by atoms with E-state index >= 15 is 0 Å². The molecule has 1 atom stereocenters. The van der Waals surface area contributed by atoms with Crippen molar-refractivity contribution in [3.05, 3.63) is 35.4 Å². The summed E-state index contributed by atoms with van der Waals surface area (Å²) in [7, 11) is 0. The summed E-state index contributed by atoms with van der Waals surface area (Å²) in [6.45, 7) is 2.67. The van der Waals surface area contributed by atoms with Crippen molar-refractivity contribution in [2.24, 2.45) is 5.73 Å². The van der Waals surface area contributed by atoms with Crippen molar-refractivity contribution >= 4 is 0 Å². The summed E-state index contributed by atoms with van der Waals surface area (Å²) in [5, 5.41) is 8.97. The maximum atomic E-state index is 8.97. The predicted octanol–water partition coefficient (Wildman–Crippen LogP) is 1.03. The van der Waals surface area contributed by atoms with Crippen LogP contribution in [0.25, 0.3) is 0 Å². The van der Waals surface area contributed by atoms with Crippen molar-refractivity contribution in [1.82, 2.24) is 0 Å². The molecule has 66 valence electrons. The summed E-state index contributed by atoms with van der Waals surface area (Å²) in [6, 6.07) is 8.10. The number of aliphatic hydroxyl groups is 1. The van der Waals surface area contributed by atoms with Gasteiger partial charge in [-0.2, -0.15) is 0 Å². The zero-order chi connectivity index (χ0) is 8.97. The van der Waals surface area contributed by atoms with Crippen molar-refractivity contribution in [2.45, 2.75) is 12.8 Å². The third-order valence-electron chi connectivity index (χ3n) is 2.05. The van der Waals surface area contributed by atoms with Gasteiger partial charge in [-0.3, -0.25) is 0 Å². The van der Waals surface area contributed by atoms with Crippen molar-refractivity contribution in [1.29, 1.82) is 0 Å². The molecular formula is C10H15NO. The van der Waals surface area contributed by atoms with Gasteiger partial charge in [-0.25, -0.2) is 0 Å². The Bertz CT molecular complexity index is 226. The molecule has 3 N–H and O–H groups in total. The largest absolute Gasteiger partial charge is 0.396 e. The molecule has 2 nitrogen and oxygen atoms in total. The smallest absolute Gasteiger partial charge is 0.0511 e. The van der Waals surface area contributed by atoms with Gasteiger partial charge in [0.05, 0.1) is 6.61 Å². The van der Waals surface area contributed by atoms with Gasteiger partial charge in [-0.15, -0.1) is 0 Å². The molecule has 0 aliphatic carbocycles. The molecule has 1 aromatic rings. The van der Waals surface area contributed by atoms with E-state index in [1.807, 2.05) is 31.2 Å². The monoisotopic (exact) mass is 165 g/mol. The molecule has 1 rings (SSSR count). The van der Waals surface area contributed by atoms with Crippen LogP contribution in [0.15, 0.2) is 24.3 Å². The van der Waals surface area contributed by atoms with Gasteiger partial charge >= 0.3 is 0 Å². The second-order valence-corrected chi connectivity index (χ2v) is 3.03.